The van der Waals surface area contributed by atoms with Crippen LogP contribution in [0.15, 0.2) is 71.7 Å². The Balaban J connectivity index is 1.42. The highest BCUT2D eigenvalue weighted by Gasteiger charge is 2.25. The molecule has 1 heterocycles. The number of amides is 1. The van der Waals surface area contributed by atoms with Gasteiger partial charge in [0.25, 0.3) is 5.91 Å². The molecule has 4 nitrogen and oxygen atoms in total. The Kier molecular flexibility index (Phi) is 7.73. The number of carbonyl (C=O) groups is 1. The molecule has 0 atom stereocenters. The maximum Gasteiger partial charge on any atom is 0.259 e. The van der Waals surface area contributed by atoms with Gasteiger partial charge in [-0.2, -0.15) is 0 Å². The Morgan fingerprint density at radius 2 is 1.81 bits per heavy atom. The van der Waals surface area contributed by atoms with E-state index in [0.29, 0.717) is 17.2 Å². The molecule has 0 fully saturated rings. The van der Waals surface area contributed by atoms with Gasteiger partial charge < -0.3 is 10.1 Å². The largest absolute Gasteiger partial charge is 0.488 e. The van der Waals surface area contributed by atoms with E-state index in [1.54, 1.807) is 17.6 Å². The van der Waals surface area contributed by atoms with Crippen LogP contribution in [0.1, 0.15) is 55.9 Å². The lowest BCUT2D eigenvalue weighted by Gasteiger charge is -2.13. The first-order valence-corrected chi connectivity index (χ1v) is 13.7. The Bertz CT molecular complexity index is 1450. The van der Waals surface area contributed by atoms with Crippen LogP contribution in [0.5, 0.6) is 5.75 Å². The average molecular weight is 529 g/mol. The third-order valence-electron chi connectivity index (χ3n) is 6.38. The number of para-hydroxylation sites is 1. The lowest BCUT2D eigenvalue weighted by Crippen LogP contribution is -2.15. The quantitative estimate of drug-likeness (QED) is 0.244. The van der Waals surface area contributed by atoms with Crippen LogP contribution >= 0.6 is 22.9 Å². The molecule has 0 saturated carbocycles. The maximum absolute atomic E-state index is 13.5. The molecular weight excluding hydrogens is 500 g/mol. The summed E-state index contributed by atoms with van der Waals surface area (Å²) in [5, 5.41) is 4.56. The van der Waals surface area contributed by atoms with Crippen LogP contribution in [-0.4, -0.2) is 12.1 Å². The van der Waals surface area contributed by atoms with Crippen LogP contribution in [0.4, 0.5) is 10.7 Å². The number of nitrogens with one attached hydrogen (secondary N) is 1. The molecule has 4 aromatic rings. The zero-order valence-electron chi connectivity index (χ0n) is 21.0. The van der Waals surface area contributed by atoms with Crippen molar-refractivity contribution in [3.63, 3.8) is 0 Å². The van der Waals surface area contributed by atoms with Crippen molar-refractivity contribution in [3.8, 4) is 5.75 Å². The number of anilines is 1. The van der Waals surface area contributed by atoms with E-state index in [1.807, 2.05) is 74.5 Å². The van der Waals surface area contributed by atoms with Crippen molar-refractivity contribution in [2.75, 3.05) is 5.32 Å². The van der Waals surface area contributed by atoms with Gasteiger partial charge in [-0.25, -0.2) is 4.99 Å². The Labute approximate surface area is 227 Å². The van der Waals surface area contributed by atoms with Gasteiger partial charge in [0, 0.05) is 27.4 Å². The van der Waals surface area contributed by atoms with Crippen molar-refractivity contribution in [3.05, 3.63) is 110 Å². The van der Waals surface area contributed by atoms with Gasteiger partial charge in [-0.3, -0.25) is 4.79 Å². The highest BCUT2D eigenvalue weighted by Crippen LogP contribution is 2.40. The summed E-state index contributed by atoms with van der Waals surface area (Å²) >= 11 is 7.75. The predicted molar refractivity (Wildman–Crippen MR) is 154 cm³/mol. The molecular formula is C31H29ClN2O2S. The summed E-state index contributed by atoms with van der Waals surface area (Å²) in [7, 11) is 0. The minimum atomic E-state index is -0.0953. The Morgan fingerprint density at radius 1 is 1.03 bits per heavy atom. The van der Waals surface area contributed by atoms with Crippen molar-refractivity contribution in [2.24, 2.45) is 4.99 Å². The topological polar surface area (TPSA) is 50.7 Å². The third kappa shape index (κ3) is 6.12. The molecule has 0 radical (unpaired) electrons. The summed E-state index contributed by atoms with van der Waals surface area (Å²) in [4.78, 5) is 19.7. The van der Waals surface area contributed by atoms with Crippen molar-refractivity contribution in [2.45, 2.75) is 46.1 Å². The minimum absolute atomic E-state index is 0.0953. The van der Waals surface area contributed by atoms with E-state index in [4.69, 9.17) is 21.3 Å². The molecule has 1 aliphatic carbocycles. The van der Waals surface area contributed by atoms with Gasteiger partial charge in [0.2, 0.25) is 0 Å². The molecule has 3 aromatic carbocycles. The molecule has 1 N–H and O–H groups in total. The first-order chi connectivity index (χ1) is 18.0. The van der Waals surface area contributed by atoms with Crippen molar-refractivity contribution < 1.29 is 9.53 Å². The lowest BCUT2D eigenvalue weighted by atomic mass is 9.95. The SMILES string of the molecule is Cc1cc(C)cc(NC(=O)c2c(N=Cc3ccccc3OCc3cccc(Cl)c3)sc3c2CCCC3)c1. The molecule has 6 heteroatoms. The fraction of sp³-hybridized carbons (Fsp3) is 0.226. The number of rotatable bonds is 7. The minimum Gasteiger partial charge on any atom is -0.488 e. The first kappa shape index (κ1) is 25.2. The van der Waals surface area contributed by atoms with Crippen LogP contribution in [0.25, 0.3) is 0 Å². The highest BCUT2D eigenvalue weighted by atomic mass is 35.5. The van der Waals surface area contributed by atoms with E-state index in [1.165, 1.54) is 4.88 Å². The number of nitrogens with zero attached hydrogens (tertiary/aromatic N) is 1. The van der Waals surface area contributed by atoms with Gasteiger partial charge in [0.05, 0.1) is 5.56 Å². The fourth-order valence-corrected chi connectivity index (χ4v) is 6.20. The molecule has 0 saturated heterocycles. The van der Waals surface area contributed by atoms with Crippen molar-refractivity contribution in [1.29, 1.82) is 0 Å². The summed E-state index contributed by atoms with van der Waals surface area (Å²) in [5.74, 6) is 0.635. The van der Waals surface area contributed by atoms with Crippen LogP contribution in [-0.2, 0) is 19.4 Å². The maximum atomic E-state index is 13.5. The zero-order chi connectivity index (χ0) is 25.8. The molecule has 0 aliphatic heterocycles. The second-order valence-electron chi connectivity index (χ2n) is 9.44. The lowest BCUT2D eigenvalue weighted by molar-refractivity contribution is 0.102. The summed E-state index contributed by atoms with van der Waals surface area (Å²) in [6, 6.07) is 21.5. The van der Waals surface area contributed by atoms with Gasteiger partial charge in [-0.1, -0.05) is 41.9 Å². The van der Waals surface area contributed by atoms with Gasteiger partial charge in [-0.05, 0) is 98.2 Å². The van der Waals surface area contributed by atoms with Crippen LogP contribution < -0.4 is 10.1 Å². The van der Waals surface area contributed by atoms with E-state index in [0.717, 1.165) is 69.9 Å². The van der Waals surface area contributed by atoms with E-state index >= 15 is 0 Å². The zero-order valence-corrected chi connectivity index (χ0v) is 22.6. The summed E-state index contributed by atoms with van der Waals surface area (Å²) in [6.45, 7) is 4.48. The molecule has 1 aromatic heterocycles. The summed E-state index contributed by atoms with van der Waals surface area (Å²) < 4.78 is 6.10. The summed E-state index contributed by atoms with van der Waals surface area (Å²) in [6.07, 6.45) is 5.96. The number of benzene rings is 3. The molecule has 0 spiro atoms. The number of ether oxygens (including phenoxy) is 1. The number of aryl methyl sites for hydroxylation is 3. The second kappa shape index (κ2) is 11.3. The Morgan fingerprint density at radius 3 is 2.62 bits per heavy atom. The number of thiophene rings is 1. The Hall–Kier alpha value is -3.41. The van der Waals surface area contributed by atoms with Gasteiger partial charge >= 0.3 is 0 Å². The summed E-state index contributed by atoms with van der Waals surface area (Å²) in [5.41, 5.74) is 6.76. The van der Waals surface area contributed by atoms with Gasteiger partial charge in [0.15, 0.2) is 0 Å². The van der Waals surface area contributed by atoms with Gasteiger partial charge in [0.1, 0.15) is 17.4 Å². The molecule has 188 valence electrons. The molecule has 1 aliphatic rings. The van der Waals surface area contributed by atoms with E-state index in [2.05, 4.69) is 11.4 Å². The van der Waals surface area contributed by atoms with Crippen LogP contribution in [0, 0.1) is 13.8 Å². The molecule has 37 heavy (non-hydrogen) atoms. The van der Waals surface area contributed by atoms with Crippen molar-refractivity contribution in [1.82, 2.24) is 0 Å². The predicted octanol–water partition coefficient (Wildman–Crippen LogP) is 8.48. The van der Waals surface area contributed by atoms with Gasteiger partial charge in [-0.15, -0.1) is 11.3 Å². The normalized spacial score (nSPS) is 12.9. The molecule has 0 bridgehead atoms. The molecule has 5 rings (SSSR count). The smallest absolute Gasteiger partial charge is 0.259 e. The average Bonchev–Trinajstić information content (AvgIpc) is 3.25. The third-order valence-corrected chi connectivity index (χ3v) is 7.82. The number of fused-ring (bicyclic) bond motifs is 1. The number of hydrogen-bond donors (Lipinski definition) is 1. The monoisotopic (exact) mass is 528 g/mol. The van der Waals surface area contributed by atoms with E-state index in [-0.39, 0.29) is 5.91 Å². The van der Waals surface area contributed by atoms with Crippen LogP contribution in [0.3, 0.4) is 0 Å². The fourth-order valence-electron chi connectivity index (χ4n) is 4.75. The van der Waals surface area contributed by atoms with Crippen molar-refractivity contribution >= 4 is 45.7 Å². The molecule has 1 amide bonds. The highest BCUT2D eigenvalue weighted by molar-refractivity contribution is 7.16. The standard InChI is InChI=1S/C31H29ClN2O2S/c1-20-14-21(2)16-25(15-20)34-30(35)29-26-11-4-6-13-28(26)37-31(29)33-18-23-9-3-5-12-27(23)36-19-22-8-7-10-24(32)17-22/h3,5,7-10,12,14-18H,4,6,11,13,19H2,1-2H3,(H,34,35). The van der Waals surface area contributed by atoms with E-state index in [9.17, 15) is 4.79 Å². The first-order valence-electron chi connectivity index (χ1n) is 12.5. The number of carbonyl (C=O) groups excluding carboxylic acids is 1. The molecule has 0 unspecified atom stereocenters. The second-order valence-corrected chi connectivity index (χ2v) is 11.0. The van der Waals surface area contributed by atoms with Crippen LogP contribution in [0.2, 0.25) is 5.02 Å². The number of hydrogen-bond acceptors (Lipinski definition) is 4. The number of halogens is 1. The number of aliphatic imine (C=N–C) groups is 1. The van der Waals surface area contributed by atoms with E-state index < -0.39 is 0 Å².